The highest BCUT2D eigenvalue weighted by Gasteiger charge is 2.36. The van der Waals surface area contributed by atoms with E-state index in [1.807, 2.05) is 0 Å². The van der Waals surface area contributed by atoms with Crippen molar-refractivity contribution in [1.82, 2.24) is 47.9 Å². The van der Waals surface area contributed by atoms with Crippen LogP contribution in [0.15, 0.2) is 58.6 Å². The molecular weight excluding hydrogens is 1140 g/mol. The lowest BCUT2D eigenvalue weighted by atomic mass is 9.96. The van der Waals surface area contributed by atoms with E-state index in [4.69, 9.17) is 34.2 Å². The van der Waals surface area contributed by atoms with Gasteiger partial charge in [-0.15, -0.1) is 0 Å². The molecule has 1 aliphatic rings. The Morgan fingerprint density at radius 1 is 0.726 bits per heavy atom. The first-order valence-electron chi connectivity index (χ1n) is 26.7. The molecular formula is C51H74N18O13S2. The summed E-state index contributed by atoms with van der Waals surface area (Å²) >= 11 is 0. The highest BCUT2D eigenvalue weighted by molar-refractivity contribution is 8.76. The molecule has 0 aromatic heterocycles. The van der Waals surface area contributed by atoms with Crippen molar-refractivity contribution in [2.75, 3.05) is 31.1 Å². The lowest BCUT2D eigenvalue weighted by Gasteiger charge is -2.29. The maximum Gasteiger partial charge on any atom is 0.251 e. The van der Waals surface area contributed by atoms with Gasteiger partial charge in [0.1, 0.15) is 48.0 Å². The third-order valence-electron chi connectivity index (χ3n) is 12.7. The van der Waals surface area contributed by atoms with Crippen LogP contribution in [0, 0.1) is 5.92 Å². The number of hydrogen-bond donors (Lipinski definition) is 15. The smallest absolute Gasteiger partial charge is 0.251 e. The van der Waals surface area contributed by atoms with Crippen molar-refractivity contribution in [3.05, 3.63) is 70.1 Å². The zero-order chi connectivity index (χ0) is 62.3. The molecule has 458 valence electrons. The maximum atomic E-state index is 14.6. The molecule has 1 heterocycles. The molecule has 12 amide bonds. The predicted molar refractivity (Wildman–Crippen MR) is 310 cm³/mol. The molecule has 0 radical (unpaired) electrons. The number of amides is 12. The number of azide groups is 1. The fourth-order valence-electron chi connectivity index (χ4n) is 7.96. The Morgan fingerprint density at radius 2 is 1.37 bits per heavy atom. The van der Waals surface area contributed by atoms with Gasteiger partial charge in [0, 0.05) is 60.0 Å². The van der Waals surface area contributed by atoms with Crippen LogP contribution in [0.25, 0.3) is 10.4 Å². The van der Waals surface area contributed by atoms with Crippen LogP contribution in [0.2, 0.25) is 0 Å². The maximum absolute atomic E-state index is 14.6. The summed E-state index contributed by atoms with van der Waals surface area (Å²) in [5, 5.41) is 36.4. The van der Waals surface area contributed by atoms with E-state index in [1.165, 1.54) is 48.5 Å². The Kier molecular flexibility index (Phi) is 30.2. The van der Waals surface area contributed by atoms with Crippen molar-refractivity contribution in [1.29, 1.82) is 0 Å². The molecule has 1 saturated heterocycles. The normalized spacial score (nSPS) is 19.2. The number of carbonyl (C=O) groups is 12. The fraction of sp³-hybridized carbons (Fsp3) is 0.510. The SMILES string of the molecule is CC[C@H](C)[C@@H]1NC(=O)[C@@H](Cc2ccc(O)cc2)NC(=O)CCSSC[C@@H](C(=O)N[C@H](CCCCNC(=O)c2ccc(N=[N+]=[N-])cc2)C(=O)N[C@@H](CCCN=C(N)N)C(=O)NCC(N)=O)NC(=O)[C@H](CC(N)=O)NC(=O)[C@@H](CCC(N)=O)NC1=O. The molecule has 0 spiro atoms. The molecule has 0 aliphatic carbocycles. The third-order valence-corrected chi connectivity index (χ3v) is 15.1. The highest BCUT2D eigenvalue weighted by atomic mass is 33.1. The average molecular weight is 1210 g/mol. The number of benzene rings is 2. The van der Waals surface area contributed by atoms with Crippen molar-refractivity contribution in [3.63, 3.8) is 0 Å². The number of carbonyl (C=O) groups excluding carboxylic acids is 12. The minimum Gasteiger partial charge on any atom is -0.508 e. The summed E-state index contributed by atoms with van der Waals surface area (Å²) in [4.78, 5) is 168. The summed E-state index contributed by atoms with van der Waals surface area (Å²) < 4.78 is 0. The van der Waals surface area contributed by atoms with Gasteiger partial charge in [-0.25, -0.2) is 0 Å². The van der Waals surface area contributed by atoms with Crippen molar-refractivity contribution < 1.29 is 62.6 Å². The number of aliphatic imine (C=N–C) groups is 1. The minimum absolute atomic E-state index is 0.0284. The van der Waals surface area contributed by atoms with Crippen LogP contribution in [0.1, 0.15) is 94.0 Å². The van der Waals surface area contributed by atoms with E-state index in [-0.39, 0.29) is 92.5 Å². The number of nitrogens with one attached hydrogen (secondary N) is 9. The molecule has 3 rings (SSSR count). The number of nitrogens with two attached hydrogens (primary N) is 5. The van der Waals surface area contributed by atoms with Gasteiger partial charge in [-0.3, -0.25) is 62.5 Å². The summed E-state index contributed by atoms with van der Waals surface area (Å²) in [5.41, 5.74) is 36.9. The van der Waals surface area contributed by atoms with E-state index < -0.39 is 145 Å². The summed E-state index contributed by atoms with van der Waals surface area (Å²) in [6, 6.07) is 1.06. The summed E-state index contributed by atoms with van der Waals surface area (Å²) in [6.07, 6.45) is -1.49. The van der Waals surface area contributed by atoms with Gasteiger partial charge in [-0.2, -0.15) is 0 Å². The van der Waals surface area contributed by atoms with Gasteiger partial charge >= 0.3 is 0 Å². The van der Waals surface area contributed by atoms with Gasteiger partial charge in [0.15, 0.2) is 5.96 Å². The monoisotopic (exact) mass is 1210 g/mol. The van der Waals surface area contributed by atoms with Crippen LogP contribution < -0.4 is 76.5 Å². The molecule has 0 bridgehead atoms. The molecule has 0 unspecified atom stereocenters. The topological polar surface area (TPSA) is 525 Å². The van der Waals surface area contributed by atoms with Crippen molar-refractivity contribution >= 4 is 104 Å². The molecule has 0 saturated carbocycles. The standard InChI is InChI=1S/C51H74N18O13S2/c1-3-27(2)42-50(82)64-34(17-18-38(52)71)46(78)65-36(24-39(53)72)47(79)66-37(26-84-83-22-19-41(74)61-35(48(80)67-42)23-28-9-15-31(70)16-10-28)49(81)63-33(7-4-5-20-58-43(75)29-11-13-30(14-12-29)68-69-57)45(77)62-32(8-6-21-59-51(55)56)44(76)60-25-40(54)73/h9-16,27,32-37,42,70H,3-8,17-26H2,1-2H3,(H2,52,71)(H2,53,72)(H2,54,73)(H,58,75)(H,60,76)(H,61,74)(H,62,77)(H,63,81)(H,64,82)(H,65,78)(H,66,79)(H,67,80)(H4,55,56,59)/t27-,32-,33+,34+,35+,36-,37-,42-/m0/s1. The van der Waals surface area contributed by atoms with Crippen LogP contribution in [-0.2, 0) is 59.2 Å². The number of unbranched alkanes of at least 4 members (excludes halogenated alkanes) is 1. The molecule has 31 nitrogen and oxygen atoms in total. The molecule has 84 heavy (non-hydrogen) atoms. The quantitative estimate of drug-likeness (QED) is 0.00836. The molecule has 33 heteroatoms. The van der Waals surface area contributed by atoms with Crippen molar-refractivity contribution in [2.45, 2.75) is 127 Å². The largest absolute Gasteiger partial charge is 0.508 e. The average Bonchev–Trinajstić information content (AvgIpc) is 3.57. The summed E-state index contributed by atoms with van der Waals surface area (Å²) in [7, 11) is 2.05. The lowest BCUT2D eigenvalue weighted by molar-refractivity contribution is -0.137. The zero-order valence-electron chi connectivity index (χ0n) is 46.4. The summed E-state index contributed by atoms with van der Waals surface area (Å²) in [5.74, 6) is -11.8. The van der Waals surface area contributed by atoms with Gasteiger partial charge in [0.05, 0.1) is 13.0 Å². The molecule has 1 aliphatic heterocycles. The second kappa shape index (κ2) is 36.6. The number of phenolic OH excluding ortho intramolecular Hbond substituents is 1. The van der Waals surface area contributed by atoms with Gasteiger partial charge in [-0.1, -0.05) is 71.2 Å². The first-order chi connectivity index (χ1) is 39.9. The van der Waals surface area contributed by atoms with E-state index in [1.54, 1.807) is 13.8 Å². The molecule has 1 fully saturated rings. The van der Waals surface area contributed by atoms with Crippen molar-refractivity contribution in [2.24, 2.45) is 44.7 Å². The van der Waals surface area contributed by atoms with E-state index >= 15 is 0 Å². The third kappa shape index (κ3) is 26.0. The Hall–Kier alpha value is -8.84. The number of primary amides is 3. The van der Waals surface area contributed by atoms with Crippen LogP contribution in [0.3, 0.4) is 0 Å². The second-order valence-corrected chi connectivity index (χ2v) is 21.9. The Labute approximate surface area is 491 Å². The lowest BCUT2D eigenvalue weighted by Crippen LogP contribution is -2.61. The van der Waals surface area contributed by atoms with E-state index in [0.717, 1.165) is 21.6 Å². The Morgan fingerprint density at radius 3 is 2.00 bits per heavy atom. The highest BCUT2D eigenvalue weighted by Crippen LogP contribution is 2.24. The number of guanidine groups is 1. The van der Waals surface area contributed by atoms with Crippen molar-refractivity contribution in [3.8, 4) is 5.75 Å². The molecule has 2 aromatic carbocycles. The van der Waals surface area contributed by atoms with E-state index in [0.29, 0.717) is 12.0 Å². The molecule has 8 atom stereocenters. The Balaban J connectivity index is 2.06. The predicted octanol–water partition coefficient (Wildman–Crippen LogP) is -2.50. The molecule has 20 N–H and O–H groups in total. The van der Waals surface area contributed by atoms with Crippen LogP contribution >= 0.6 is 21.6 Å². The number of phenols is 1. The fourth-order valence-corrected chi connectivity index (χ4v) is 10.1. The zero-order valence-corrected chi connectivity index (χ0v) is 48.0. The van der Waals surface area contributed by atoms with Crippen LogP contribution in [0.4, 0.5) is 5.69 Å². The van der Waals surface area contributed by atoms with Gasteiger partial charge in [-0.05, 0) is 79.8 Å². The van der Waals surface area contributed by atoms with Gasteiger partial charge in [0.2, 0.25) is 65.0 Å². The number of rotatable bonds is 27. The number of aromatic hydroxyl groups is 1. The van der Waals surface area contributed by atoms with E-state index in [9.17, 15) is 62.6 Å². The van der Waals surface area contributed by atoms with Crippen LogP contribution in [-0.4, -0.2) is 155 Å². The van der Waals surface area contributed by atoms with Gasteiger partial charge in [0.25, 0.3) is 5.91 Å². The first-order valence-corrected chi connectivity index (χ1v) is 29.1. The first kappa shape index (κ1) is 69.4. The Bertz CT molecular complexity index is 2730. The van der Waals surface area contributed by atoms with E-state index in [2.05, 4.69) is 62.9 Å². The number of nitrogens with zero attached hydrogens (tertiary/aromatic N) is 4. The summed E-state index contributed by atoms with van der Waals surface area (Å²) in [6.45, 7) is 2.87. The minimum atomic E-state index is -1.84. The molecule has 2 aromatic rings. The van der Waals surface area contributed by atoms with Gasteiger partial charge < -0.3 is 81.6 Å². The second-order valence-electron chi connectivity index (χ2n) is 19.3. The number of hydrogen-bond acceptors (Lipinski definition) is 17. The van der Waals surface area contributed by atoms with Crippen LogP contribution in [0.5, 0.6) is 5.75 Å².